The van der Waals surface area contributed by atoms with Crippen LogP contribution in [0.25, 0.3) is 5.57 Å². The maximum atomic E-state index is 3.98. The summed E-state index contributed by atoms with van der Waals surface area (Å²) in [6.07, 6.45) is 7.78. The van der Waals surface area contributed by atoms with E-state index in [1.54, 1.807) is 0 Å². The van der Waals surface area contributed by atoms with Crippen molar-refractivity contribution in [3.63, 3.8) is 0 Å². The first kappa shape index (κ1) is 16.5. The van der Waals surface area contributed by atoms with Crippen molar-refractivity contribution in [3.05, 3.63) is 53.6 Å². The first-order valence-electron chi connectivity index (χ1n) is 7.71. The minimum absolute atomic E-state index is 0.0296. The number of alkyl halides is 1. The van der Waals surface area contributed by atoms with Crippen LogP contribution in [0.3, 0.4) is 0 Å². The summed E-state index contributed by atoms with van der Waals surface area (Å²) in [5.74, 6) is 0. The van der Waals surface area contributed by atoms with Gasteiger partial charge in [-0.2, -0.15) is 0 Å². The molecule has 1 aromatic rings. The Morgan fingerprint density at radius 1 is 1.05 bits per heavy atom. The predicted octanol–water partition coefficient (Wildman–Crippen LogP) is 6.51. The maximum Gasteiger partial charge on any atom is 0.0528 e. The van der Waals surface area contributed by atoms with E-state index >= 15 is 0 Å². The first-order valence-corrected chi connectivity index (χ1v) is 8.50. The van der Waals surface area contributed by atoms with Crippen LogP contribution in [0, 0.1) is 5.41 Å². The van der Waals surface area contributed by atoms with Crippen LogP contribution in [0.1, 0.15) is 59.1 Å². The van der Waals surface area contributed by atoms with Gasteiger partial charge in [-0.15, -0.1) is 0 Å². The first-order chi connectivity index (χ1) is 9.53. The van der Waals surface area contributed by atoms with Gasteiger partial charge in [-0.3, -0.25) is 0 Å². The van der Waals surface area contributed by atoms with Gasteiger partial charge in [-0.1, -0.05) is 100.0 Å². The molecule has 0 radical (unpaired) electrons. The van der Waals surface area contributed by atoms with Gasteiger partial charge < -0.3 is 0 Å². The molecule has 21 heavy (non-hydrogen) atoms. The van der Waals surface area contributed by atoms with Gasteiger partial charge in [0.25, 0.3) is 0 Å². The van der Waals surface area contributed by atoms with E-state index in [9.17, 15) is 0 Å². The van der Waals surface area contributed by atoms with E-state index in [4.69, 9.17) is 0 Å². The van der Waals surface area contributed by atoms with E-state index < -0.39 is 0 Å². The van der Waals surface area contributed by atoms with Crippen LogP contribution in [0.15, 0.2) is 42.5 Å². The quantitative estimate of drug-likeness (QED) is 0.508. The molecule has 1 heteroatoms. The molecule has 1 aliphatic rings. The Bertz CT molecular complexity index is 579. The molecule has 0 fully saturated rings. The number of rotatable bonds is 1. The SMILES string of the molecule is CC(C)(C)c1cccc(C2=CC=CC(Br)(C(C)(C)C)C2)c1. The molecule has 0 saturated carbocycles. The second-order valence-corrected chi connectivity index (χ2v) is 9.59. The predicted molar refractivity (Wildman–Crippen MR) is 98.0 cm³/mol. The number of benzene rings is 1. The zero-order valence-electron chi connectivity index (χ0n) is 14.1. The van der Waals surface area contributed by atoms with E-state index in [0.29, 0.717) is 0 Å². The summed E-state index contributed by atoms with van der Waals surface area (Å²) in [5.41, 5.74) is 4.53. The van der Waals surface area contributed by atoms with E-state index in [1.807, 2.05) is 0 Å². The van der Waals surface area contributed by atoms with Gasteiger partial charge in [-0.05, 0) is 34.0 Å². The molecule has 0 spiro atoms. The third-order valence-electron chi connectivity index (χ3n) is 4.45. The Morgan fingerprint density at radius 2 is 1.71 bits per heavy atom. The molecule has 1 unspecified atom stereocenters. The Balaban J connectivity index is 2.36. The lowest BCUT2D eigenvalue weighted by Gasteiger charge is -2.40. The van der Waals surface area contributed by atoms with Crippen molar-refractivity contribution in [1.82, 2.24) is 0 Å². The fraction of sp³-hybridized carbons (Fsp3) is 0.500. The normalized spacial score (nSPS) is 23.1. The molecule has 0 nitrogen and oxygen atoms in total. The van der Waals surface area contributed by atoms with Crippen molar-refractivity contribution in [3.8, 4) is 0 Å². The van der Waals surface area contributed by atoms with Crippen molar-refractivity contribution >= 4 is 21.5 Å². The fourth-order valence-corrected chi connectivity index (χ4v) is 3.07. The lowest BCUT2D eigenvalue weighted by molar-refractivity contribution is 0.338. The standard InChI is InChI=1S/C20H27Br/c1-18(2,3)17-11-7-9-15(13-17)16-10-8-12-20(21,14-16)19(4,5)6/h7-13H,14H2,1-6H3. The van der Waals surface area contributed by atoms with Gasteiger partial charge in [0.15, 0.2) is 0 Å². The van der Waals surface area contributed by atoms with Crippen molar-refractivity contribution in [2.75, 3.05) is 0 Å². The summed E-state index contributed by atoms with van der Waals surface area (Å²) in [7, 11) is 0. The van der Waals surface area contributed by atoms with E-state index in [-0.39, 0.29) is 15.2 Å². The number of allylic oxidation sites excluding steroid dienone is 4. The highest BCUT2D eigenvalue weighted by molar-refractivity contribution is 9.10. The largest absolute Gasteiger partial charge is 0.0798 e. The smallest absolute Gasteiger partial charge is 0.0528 e. The summed E-state index contributed by atoms with van der Waals surface area (Å²) in [6, 6.07) is 8.99. The van der Waals surface area contributed by atoms with Crippen LogP contribution in [0.4, 0.5) is 0 Å². The summed E-state index contributed by atoms with van der Waals surface area (Å²) in [5, 5.41) is 0. The van der Waals surface area contributed by atoms with Crippen molar-refractivity contribution in [2.24, 2.45) is 5.41 Å². The topological polar surface area (TPSA) is 0 Å². The minimum Gasteiger partial charge on any atom is -0.0798 e. The molecule has 0 amide bonds. The Labute approximate surface area is 138 Å². The Morgan fingerprint density at radius 3 is 2.29 bits per heavy atom. The van der Waals surface area contributed by atoms with Gasteiger partial charge in [0.1, 0.15) is 0 Å². The summed E-state index contributed by atoms with van der Waals surface area (Å²) in [6.45, 7) is 13.7. The third-order valence-corrected chi connectivity index (χ3v) is 6.19. The van der Waals surface area contributed by atoms with Crippen LogP contribution in [0.5, 0.6) is 0 Å². The van der Waals surface area contributed by atoms with Gasteiger partial charge in [0.05, 0.1) is 4.32 Å². The fourth-order valence-electron chi connectivity index (χ4n) is 2.61. The average molecular weight is 347 g/mol. The van der Waals surface area contributed by atoms with Gasteiger partial charge in [0.2, 0.25) is 0 Å². The highest BCUT2D eigenvalue weighted by Gasteiger charge is 2.39. The van der Waals surface area contributed by atoms with Crippen molar-refractivity contribution in [1.29, 1.82) is 0 Å². The Kier molecular flexibility index (Phi) is 4.28. The molecule has 0 bridgehead atoms. The zero-order chi connectivity index (χ0) is 15.9. The second-order valence-electron chi connectivity index (χ2n) is 8.17. The molecule has 1 atom stereocenters. The molecule has 1 aromatic carbocycles. The minimum atomic E-state index is 0.0296. The van der Waals surface area contributed by atoms with Gasteiger partial charge >= 0.3 is 0 Å². The average Bonchev–Trinajstić information content (AvgIpc) is 2.37. The van der Waals surface area contributed by atoms with Crippen LogP contribution >= 0.6 is 15.9 Å². The zero-order valence-corrected chi connectivity index (χ0v) is 15.7. The molecule has 114 valence electrons. The molecule has 0 saturated heterocycles. The highest BCUT2D eigenvalue weighted by atomic mass is 79.9. The van der Waals surface area contributed by atoms with E-state index in [0.717, 1.165) is 6.42 Å². The molecule has 0 aliphatic heterocycles. The maximum absolute atomic E-state index is 3.98. The lowest BCUT2D eigenvalue weighted by Crippen LogP contribution is -2.36. The third kappa shape index (κ3) is 3.51. The van der Waals surface area contributed by atoms with Crippen LogP contribution < -0.4 is 0 Å². The summed E-state index contributed by atoms with van der Waals surface area (Å²) >= 11 is 3.98. The number of hydrogen-bond acceptors (Lipinski definition) is 0. The van der Waals surface area contributed by atoms with Crippen molar-refractivity contribution < 1.29 is 0 Å². The molecule has 1 aliphatic carbocycles. The summed E-state index contributed by atoms with van der Waals surface area (Å²) < 4.78 is 0.0296. The van der Waals surface area contributed by atoms with Gasteiger partial charge in [0, 0.05) is 0 Å². The van der Waals surface area contributed by atoms with Crippen LogP contribution in [0.2, 0.25) is 0 Å². The molecule has 0 heterocycles. The van der Waals surface area contributed by atoms with Crippen LogP contribution in [-0.4, -0.2) is 4.32 Å². The number of hydrogen-bond donors (Lipinski definition) is 0. The monoisotopic (exact) mass is 346 g/mol. The number of halogens is 1. The highest BCUT2D eigenvalue weighted by Crippen LogP contribution is 2.47. The summed E-state index contributed by atoms with van der Waals surface area (Å²) in [4.78, 5) is 0. The second kappa shape index (κ2) is 5.43. The van der Waals surface area contributed by atoms with Crippen LogP contribution in [-0.2, 0) is 5.41 Å². The van der Waals surface area contributed by atoms with E-state index in [1.165, 1.54) is 16.7 Å². The van der Waals surface area contributed by atoms with E-state index in [2.05, 4.69) is 100.0 Å². The molecule has 0 aromatic heterocycles. The molecule has 2 rings (SSSR count). The molecule has 0 N–H and O–H groups in total. The molecular weight excluding hydrogens is 320 g/mol. The Hall–Kier alpha value is -0.820. The van der Waals surface area contributed by atoms with Crippen molar-refractivity contribution in [2.45, 2.75) is 57.7 Å². The molecular formula is C20H27Br. The lowest BCUT2D eigenvalue weighted by atomic mass is 9.73. The van der Waals surface area contributed by atoms with Gasteiger partial charge in [-0.25, -0.2) is 0 Å².